The number of aromatic hydroxyl groups is 1. The molecule has 0 atom stereocenters. The van der Waals surface area contributed by atoms with Gasteiger partial charge >= 0.3 is 11.7 Å². The van der Waals surface area contributed by atoms with Crippen LogP contribution in [0, 0.1) is 10.1 Å². The van der Waals surface area contributed by atoms with E-state index in [2.05, 4.69) is 112 Å². The number of carbonyl (C=O) groups is 2. The number of carboxylic acids is 2. The summed E-state index contributed by atoms with van der Waals surface area (Å²) in [4.78, 5) is 56.6. The van der Waals surface area contributed by atoms with Gasteiger partial charge in [0.1, 0.15) is 19.0 Å². The summed E-state index contributed by atoms with van der Waals surface area (Å²) >= 11 is 22.5. The number of carboxylic acid groups (broad SMARTS) is 2. The lowest BCUT2D eigenvalue weighted by Gasteiger charge is -2.21. The molecule has 0 spiro atoms. The van der Waals surface area contributed by atoms with E-state index in [-0.39, 0.29) is 68.3 Å². The van der Waals surface area contributed by atoms with E-state index in [9.17, 15) is 49.7 Å². The normalized spacial score (nSPS) is 10.9. The maximum atomic E-state index is 12.4. The third kappa shape index (κ3) is 8.68. The molecule has 0 unspecified atom stereocenters. The van der Waals surface area contributed by atoms with Crippen LogP contribution in [0.1, 0.15) is 20.7 Å². The standard InChI is InChI=1S/C20H8Br4O5.C13H4Br3NO5.C7H6O2/c21-11-5-9-13(7-3-1-2-4-8(7)20(27)28)10-6-12(22)17(26)15(24)19(10)29-18(9)14(23)16(11)25;14-6-2-4-1-5-3-7(17(20)21)11(19)9(16)13(5)22-12(4)8(15)10(6)18;8-7(9)6-4-2-1-3-5-6/h1-6,25H,(H,27,28);1-3,19H;1-5H,(H,8,9)/p-2. The number of nitro groups is 1. The van der Waals surface area contributed by atoms with Gasteiger partial charge in [0, 0.05) is 38.0 Å². The Kier molecular flexibility index (Phi) is 13.7. The molecule has 0 bridgehead atoms. The van der Waals surface area contributed by atoms with Crippen LogP contribution in [0.4, 0.5) is 5.69 Å². The highest BCUT2D eigenvalue weighted by molar-refractivity contribution is 9.12. The van der Waals surface area contributed by atoms with Crippen molar-refractivity contribution in [2.75, 3.05) is 0 Å². The fourth-order valence-electron chi connectivity index (χ4n) is 5.80. The van der Waals surface area contributed by atoms with E-state index in [1.54, 1.807) is 60.7 Å². The van der Waals surface area contributed by atoms with E-state index < -0.39 is 28.3 Å². The Morgan fingerprint density at radius 1 is 0.667 bits per heavy atom. The smallest absolute Gasteiger partial charge is 0.336 e. The van der Waals surface area contributed by atoms with Crippen molar-refractivity contribution in [3.05, 3.63) is 158 Å². The summed E-state index contributed by atoms with van der Waals surface area (Å²) in [6, 6.07) is 22.2. The van der Waals surface area contributed by atoms with Crippen molar-refractivity contribution in [3.8, 4) is 45.3 Å². The number of hydrogen-bond donors (Lipinski definition) is 2. The van der Waals surface area contributed by atoms with Crippen molar-refractivity contribution < 1.29 is 43.8 Å². The molecule has 8 rings (SSSR count). The average Bonchev–Trinajstić information content (AvgIpc) is 3.22. The van der Waals surface area contributed by atoms with Crippen molar-refractivity contribution in [2.24, 2.45) is 0 Å². The summed E-state index contributed by atoms with van der Waals surface area (Å²) in [7, 11) is 0. The first kappa shape index (κ1) is 45.1. The Morgan fingerprint density at radius 3 is 1.85 bits per heavy atom. The van der Waals surface area contributed by atoms with Gasteiger partial charge in [-0.05, 0) is 137 Å². The van der Waals surface area contributed by atoms with Gasteiger partial charge in [0.2, 0.25) is 16.6 Å². The second-order valence-corrected chi connectivity index (χ2v) is 17.9. The van der Waals surface area contributed by atoms with Crippen LogP contribution in [-0.2, 0) is 0 Å². The molecular formula is C40H16Br7NO12-2. The van der Waals surface area contributed by atoms with Crippen LogP contribution in [0.2, 0.25) is 0 Å². The predicted molar refractivity (Wildman–Crippen MR) is 243 cm³/mol. The second kappa shape index (κ2) is 18.3. The summed E-state index contributed by atoms with van der Waals surface area (Å²) < 4.78 is 13.2. The molecule has 13 nitrogen and oxygen atoms in total. The van der Waals surface area contributed by atoms with Gasteiger partial charge in [-0.1, -0.05) is 70.2 Å². The summed E-state index contributed by atoms with van der Waals surface area (Å²) in [6.45, 7) is 0. The van der Waals surface area contributed by atoms with Gasteiger partial charge < -0.3 is 34.1 Å². The fourth-order valence-corrected chi connectivity index (χ4v) is 9.95. The minimum absolute atomic E-state index is 0.0564. The Morgan fingerprint density at radius 2 is 1.25 bits per heavy atom. The molecule has 4 aliphatic rings. The van der Waals surface area contributed by atoms with Gasteiger partial charge in [0.05, 0.1) is 29.9 Å². The quantitative estimate of drug-likeness (QED) is 0.0954. The summed E-state index contributed by atoms with van der Waals surface area (Å²) in [5.41, 5.74) is 1.73. The monoisotopic (exact) mass is 1250 g/mol. The number of aromatic carboxylic acids is 2. The number of nitro benzene ring substituents is 1. The molecule has 20 heteroatoms. The molecule has 4 aromatic carbocycles. The summed E-state index contributed by atoms with van der Waals surface area (Å²) in [5, 5.41) is 54.0. The molecule has 0 saturated heterocycles. The summed E-state index contributed by atoms with van der Waals surface area (Å²) in [6.07, 6.45) is 0. The molecular weight excluding hydrogens is 1250 g/mol. The molecule has 2 aliphatic carbocycles. The minimum atomic E-state index is -1.13. The molecule has 0 amide bonds. The molecule has 0 aromatic heterocycles. The highest BCUT2D eigenvalue weighted by atomic mass is 79.9. The number of benzene rings is 6. The van der Waals surface area contributed by atoms with Crippen LogP contribution in [0.15, 0.2) is 135 Å². The third-order valence-electron chi connectivity index (χ3n) is 8.52. The van der Waals surface area contributed by atoms with Crippen LogP contribution >= 0.6 is 112 Å². The van der Waals surface area contributed by atoms with E-state index in [0.29, 0.717) is 46.4 Å². The lowest BCUT2D eigenvalue weighted by molar-refractivity contribution is -0.385. The molecule has 0 radical (unpaired) electrons. The molecule has 304 valence electrons. The minimum Gasteiger partial charge on any atom is -0.871 e. The van der Waals surface area contributed by atoms with Gasteiger partial charge in [-0.15, -0.1) is 0 Å². The predicted octanol–water partition coefficient (Wildman–Crippen LogP) is 11.2. The van der Waals surface area contributed by atoms with E-state index in [4.69, 9.17) is 8.83 Å². The number of nitrogens with zero attached hydrogens (tertiary/aromatic N) is 1. The van der Waals surface area contributed by atoms with Crippen molar-refractivity contribution in [1.82, 2.24) is 0 Å². The van der Waals surface area contributed by atoms with E-state index in [1.807, 2.05) is 0 Å². The molecule has 2 N–H and O–H groups in total. The molecule has 0 fully saturated rings. The zero-order valence-electron chi connectivity index (χ0n) is 29.2. The lowest BCUT2D eigenvalue weighted by atomic mass is 9.91. The number of halogens is 7. The maximum absolute atomic E-state index is 12.4. The molecule has 0 saturated carbocycles. The first-order valence-electron chi connectivity index (χ1n) is 16.3. The first-order valence-corrected chi connectivity index (χ1v) is 21.8. The van der Waals surface area contributed by atoms with E-state index >= 15 is 0 Å². The molecule has 4 aromatic rings. The van der Waals surface area contributed by atoms with E-state index in [1.165, 1.54) is 24.3 Å². The number of carbonyl (C=O) groups excluding carboxylic acids is 1. The van der Waals surface area contributed by atoms with Crippen LogP contribution in [0.5, 0.6) is 11.5 Å². The Hall–Kier alpha value is -4.44. The SMILES string of the molecule is O=C(O)c1ccccc1-c1c2cc(Br)c(=O)c(Br)c-2oc2c(Br)c([O-])c(Br)cc12.O=C([O-])c1ccccc1.O=c1c(Br)cc2cc3cc([N+](=O)[O-])c(O)c(Br)c3oc-2c1Br. The van der Waals surface area contributed by atoms with Crippen LogP contribution < -0.4 is 21.1 Å². The summed E-state index contributed by atoms with van der Waals surface area (Å²) in [5.74, 6) is -2.58. The first-order chi connectivity index (χ1) is 28.3. The topological polar surface area (TPSA) is 224 Å². The highest BCUT2D eigenvalue weighted by Crippen LogP contribution is 2.49. The lowest BCUT2D eigenvalue weighted by Crippen LogP contribution is -2.21. The van der Waals surface area contributed by atoms with Crippen molar-refractivity contribution in [2.45, 2.75) is 0 Å². The second-order valence-electron chi connectivity index (χ2n) is 12.1. The van der Waals surface area contributed by atoms with Gasteiger partial charge in [0.25, 0.3) is 0 Å². The number of phenolic OH excluding ortho intramolecular Hbond substituents is 1. The van der Waals surface area contributed by atoms with Crippen LogP contribution in [0.3, 0.4) is 0 Å². The highest BCUT2D eigenvalue weighted by Gasteiger charge is 2.27. The Balaban J connectivity index is 0.000000171. The average molecular weight is 1260 g/mol. The van der Waals surface area contributed by atoms with Crippen molar-refractivity contribution >= 4 is 151 Å². The van der Waals surface area contributed by atoms with Gasteiger partial charge in [-0.3, -0.25) is 19.7 Å². The van der Waals surface area contributed by atoms with Gasteiger partial charge in [-0.2, -0.15) is 0 Å². The Bertz CT molecular complexity index is 3130. The number of hydrogen-bond acceptors (Lipinski definition) is 11. The number of phenols is 1. The largest absolute Gasteiger partial charge is 0.871 e. The van der Waals surface area contributed by atoms with E-state index in [0.717, 1.165) is 0 Å². The van der Waals surface area contributed by atoms with Crippen molar-refractivity contribution in [3.63, 3.8) is 0 Å². The Labute approximate surface area is 394 Å². The number of rotatable bonds is 4. The molecule has 2 heterocycles. The zero-order valence-corrected chi connectivity index (χ0v) is 40.3. The maximum Gasteiger partial charge on any atom is 0.336 e. The molecule has 2 aliphatic heterocycles. The van der Waals surface area contributed by atoms with Gasteiger partial charge in [0.15, 0.2) is 17.1 Å². The molecule has 60 heavy (non-hydrogen) atoms. The third-order valence-corrected chi connectivity index (χ3v) is 13.2. The van der Waals surface area contributed by atoms with Crippen LogP contribution in [0.25, 0.3) is 55.7 Å². The number of fused-ring (bicyclic) bond motifs is 4. The van der Waals surface area contributed by atoms with Crippen molar-refractivity contribution in [1.29, 1.82) is 0 Å². The fraction of sp³-hybridized carbons (Fsp3) is 0. The van der Waals surface area contributed by atoms with Crippen LogP contribution in [-0.4, -0.2) is 27.1 Å². The van der Waals surface area contributed by atoms with Gasteiger partial charge in [-0.25, -0.2) is 4.79 Å². The zero-order chi connectivity index (χ0) is 43.9.